The Morgan fingerprint density at radius 3 is 2.45 bits per heavy atom. The minimum atomic E-state index is -4.91. The molecule has 2 aromatic carbocycles. The standard InChI is InChI=1S/C13H9ClFNO3S/c14-10-5-3-4-9(8-10)13(17)16-11-6-1-2-7-12(11)20(15,18)19/h1-8H,(H,16,17). The Kier molecular flexibility index (Phi) is 4.06. The summed E-state index contributed by atoms with van der Waals surface area (Å²) < 4.78 is 35.1. The molecule has 104 valence electrons. The van der Waals surface area contributed by atoms with Crippen molar-refractivity contribution in [1.82, 2.24) is 0 Å². The van der Waals surface area contributed by atoms with Gasteiger partial charge in [0.1, 0.15) is 4.90 Å². The number of carbonyl (C=O) groups excluding carboxylic acids is 1. The number of anilines is 1. The zero-order valence-corrected chi connectivity index (χ0v) is 11.6. The number of hydrogen-bond donors (Lipinski definition) is 1. The van der Waals surface area contributed by atoms with E-state index in [1.165, 1.54) is 30.3 Å². The number of para-hydroxylation sites is 1. The van der Waals surface area contributed by atoms with Crippen LogP contribution < -0.4 is 5.32 Å². The summed E-state index contributed by atoms with van der Waals surface area (Å²) in [6.45, 7) is 0. The van der Waals surface area contributed by atoms with Crippen LogP contribution in [-0.2, 0) is 10.2 Å². The first-order valence-electron chi connectivity index (χ1n) is 5.48. The maximum atomic E-state index is 13.1. The minimum Gasteiger partial charge on any atom is -0.321 e. The van der Waals surface area contributed by atoms with Crippen LogP contribution in [0.2, 0.25) is 5.02 Å². The molecule has 0 aliphatic heterocycles. The molecule has 0 fully saturated rings. The van der Waals surface area contributed by atoms with E-state index in [4.69, 9.17) is 11.6 Å². The Labute approximate surface area is 120 Å². The number of nitrogens with one attached hydrogen (secondary N) is 1. The average Bonchev–Trinajstić information content (AvgIpc) is 2.38. The Morgan fingerprint density at radius 1 is 1.10 bits per heavy atom. The van der Waals surface area contributed by atoms with E-state index in [2.05, 4.69) is 5.32 Å². The second kappa shape index (κ2) is 5.60. The van der Waals surface area contributed by atoms with Gasteiger partial charge in [-0.25, -0.2) is 0 Å². The third kappa shape index (κ3) is 3.34. The van der Waals surface area contributed by atoms with E-state index in [9.17, 15) is 17.1 Å². The fourth-order valence-corrected chi connectivity index (χ4v) is 2.42. The van der Waals surface area contributed by atoms with Crippen LogP contribution in [0.5, 0.6) is 0 Å². The molecule has 0 bridgehead atoms. The van der Waals surface area contributed by atoms with E-state index in [-0.39, 0.29) is 11.3 Å². The summed E-state index contributed by atoms with van der Waals surface area (Å²) in [6, 6.07) is 11.3. The Balaban J connectivity index is 2.34. The van der Waals surface area contributed by atoms with Crippen LogP contribution in [0.1, 0.15) is 10.4 Å². The van der Waals surface area contributed by atoms with Crippen molar-refractivity contribution >= 4 is 33.4 Å². The highest BCUT2D eigenvalue weighted by Crippen LogP contribution is 2.23. The van der Waals surface area contributed by atoms with Gasteiger partial charge < -0.3 is 5.32 Å². The number of hydrogen-bond acceptors (Lipinski definition) is 3. The van der Waals surface area contributed by atoms with Crippen molar-refractivity contribution in [2.24, 2.45) is 0 Å². The van der Waals surface area contributed by atoms with Gasteiger partial charge in [0.2, 0.25) is 0 Å². The summed E-state index contributed by atoms with van der Waals surface area (Å²) in [5.74, 6) is -0.580. The fraction of sp³-hybridized carbons (Fsp3) is 0. The van der Waals surface area contributed by atoms with E-state index in [0.29, 0.717) is 5.02 Å². The van der Waals surface area contributed by atoms with Gasteiger partial charge in [-0.2, -0.15) is 8.42 Å². The number of amides is 1. The molecule has 0 spiro atoms. The van der Waals surface area contributed by atoms with Crippen molar-refractivity contribution in [2.45, 2.75) is 4.90 Å². The highest BCUT2D eigenvalue weighted by atomic mass is 35.5. The van der Waals surface area contributed by atoms with Gasteiger partial charge in [-0.15, -0.1) is 3.89 Å². The van der Waals surface area contributed by atoms with Crippen molar-refractivity contribution < 1.29 is 17.1 Å². The number of carbonyl (C=O) groups is 1. The maximum Gasteiger partial charge on any atom is 0.334 e. The smallest absolute Gasteiger partial charge is 0.321 e. The van der Waals surface area contributed by atoms with E-state index in [1.807, 2.05) is 0 Å². The lowest BCUT2D eigenvalue weighted by Gasteiger charge is -2.08. The van der Waals surface area contributed by atoms with Crippen LogP contribution in [0.3, 0.4) is 0 Å². The van der Waals surface area contributed by atoms with Gasteiger partial charge >= 0.3 is 10.2 Å². The molecule has 0 atom stereocenters. The molecule has 0 aliphatic rings. The second-order valence-electron chi connectivity index (χ2n) is 3.90. The number of benzene rings is 2. The van der Waals surface area contributed by atoms with Crippen molar-refractivity contribution in [3.05, 3.63) is 59.1 Å². The van der Waals surface area contributed by atoms with E-state index in [0.717, 1.165) is 6.07 Å². The van der Waals surface area contributed by atoms with Crippen molar-refractivity contribution in [1.29, 1.82) is 0 Å². The van der Waals surface area contributed by atoms with E-state index >= 15 is 0 Å². The highest BCUT2D eigenvalue weighted by Gasteiger charge is 2.18. The second-order valence-corrected chi connectivity index (χ2v) is 5.65. The predicted molar refractivity (Wildman–Crippen MR) is 74.1 cm³/mol. The van der Waals surface area contributed by atoms with Gasteiger partial charge in [-0.1, -0.05) is 29.8 Å². The summed E-state index contributed by atoms with van der Waals surface area (Å²) in [5, 5.41) is 2.71. The minimum absolute atomic E-state index is 0.125. The van der Waals surface area contributed by atoms with Crippen molar-refractivity contribution in [3.63, 3.8) is 0 Å². The largest absolute Gasteiger partial charge is 0.334 e. The van der Waals surface area contributed by atoms with Gasteiger partial charge in [-0.3, -0.25) is 4.79 Å². The molecule has 1 N–H and O–H groups in total. The summed E-state index contributed by atoms with van der Waals surface area (Å²) in [5.41, 5.74) is 0.114. The Morgan fingerprint density at radius 2 is 1.80 bits per heavy atom. The lowest BCUT2D eigenvalue weighted by molar-refractivity contribution is 0.102. The molecule has 0 unspecified atom stereocenters. The molecule has 0 aromatic heterocycles. The number of rotatable bonds is 3. The first kappa shape index (κ1) is 14.5. The topological polar surface area (TPSA) is 63.2 Å². The predicted octanol–water partition coefficient (Wildman–Crippen LogP) is 3.25. The Hall–Kier alpha value is -1.92. The average molecular weight is 314 g/mol. The molecule has 0 aliphatic carbocycles. The maximum absolute atomic E-state index is 13.1. The van der Waals surface area contributed by atoms with Gasteiger partial charge in [-0.05, 0) is 30.3 Å². The first-order valence-corrected chi connectivity index (χ1v) is 7.25. The summed E-state index contributed by atoms with van der Waals surface area (Å²) >= 11 is 5.76. The molecule has 2 rings (SSSR count). The van der Waals surface area contributed by atoms with Gasteiger partial charge in [0.05, 0.1) is 5.69 Å². The quantitative estimate of drug-likeness (QED) is 0.885. The zero-order chi connectivity index (χ0) is 14.8. The monoisotopic (exact) mass is 313 g/mol. The first-order chi connectivity index (χ1) is 9.38. The van der Waals surface area contributed by atoms with Crippen LogP contribution in [0, 0.1) is 0 Å². The Bertz CT molecular complexity index is 762. The molecule has 2 aromatic rings. The molecule has 0 saturated carbocycles. The molecular formula is C13H9ClFNO3S. The summed E-state index contributed by atoms with van der Waals surface area (Å²) in [6.07, 6.45) is 0. The normalized spacial score (nSPS) is 11.1. The van der Waals surface area contributed by atoms with Gasteiger partial charge in [0, 0.05) is 10.6 Å². The van der Waals surface area contributed by atoms with Gasteiger partial charge in [0.15, 0.2) is 0 Å². The molecule has 0 radical (unpaired) electrons. The van der Waals surface area contributed by atoms with Crippen LogP contribution in [0.25, 0.3) is 0 Å². The molecular weight excluding hydrogens is 305 g/mol. The van der Waals surface area contributed by atoms with E-state index < -0.39 is 21.0 Å². The third-order valence-corrected chi connectivity index (χ3v) is 3.60. The zero-order valence-electron chi connectivity index (χ0n) is 10.0. The van der Waals surface area contributed by atoms with Crippen molar-refractivity contribution in [3.8, 4) is 0 Å². The lowest BCUT2D eigenvalue weighted by atomic mass is 10.2. The molecule has 0 heterocycles. The van der Waals surface area contributed by atoms with Crippen LogP contribution >= 0.6 is 11.6 Å². The van der Waals surface area contributed by atoms with Crippen LogP contribution in [-0.4, -0.2) is 14.3 Å². The van der Waals surface area contributed by atoms with E-state index in [1.54, 1.807) is 12.1 Å². The SMILES string of the molecule is O=C(Nc1ccccc1S(=O)(=O)F)c1cccc(Cl)c1. The van der Waals surface area contributed by atoms with Crippen LogP contribution in [0.15, 0.2) is 53.4 Å². The molecule has 0 saturated heterocycles. The molecule has 1 amide bonds. The molecule has 4 nitrogen and oxygen atoms in total. The fourth-order valence-electron chi connectivity index (χ4n) is 1.61. The van der Waals surface area contributed by atoms with Gasteiger partial charge in [0.25, 0.3) is 5.91 Å². The van der Waals surface area contributed by atoms with Crippen LogP contribution in [0.4, 0.5) is 9.57 Å². The lowest BCUT2D eigenvalue weighted by Crippen LogP contribution is -2.13. The number of halogens is 2. The molecule has 7 heteroatoms. The third-order valence-electron chi connectivity index (χ3n) is 2.48. The summed E-state index contributed by atoms with van der Waals surface area (Å²) in [4.78, 5) is 11.4. The van der Waals surface area contributed by atoms with Crippen molar-refractivity contribution in [2.75, 3.05) is 5.32 Å². The molecule has 20 heavy (non-hydrogen) atoms. The highest BCUT2D eigenvalue weighted by molar-refractivity contribution is 7.86. The summed E-state index contributed by atoms with van der Waals surface area (Å²) in [7, 11) is -4.91.